The van der Waals surface area contributed by atoms with Gasteiger partial charge in [0.05, 0.1) is 18.5 Å². The van der Waals surface area contributed by atoms with Gasteiger partial charge in [0.1, 0.15) is 0 Å². The molecule has 0 saturated carbocycles. The maximum absolute atomic E-state index is 12.5. The van der Waals surface area contributed by atoms with Crippen molar-refractivity contribution in [1.82, 2.24) is 14.7 Å². The van der Waals surface area contributed by atoms with Crippen LogP contribution in [0.2, 0.25) is 0 Å². The molecule has 0 unspecified atom stereocenters. The van der Waals surface area contributed by atoms with E-state index in [9.17, 15) is 4.79 Å². The minimum absolute atomic E-state index is 0.00583. The summed E-state index contributed by atoms with van der Waals surface area (Å²) in [6, 6.07) is 2.23. The highest BCUT2D eigenvalue weighted by molar-refractivity contribution is 5.87. The van der Waals surface area contributed by atoms with Crippen LogP contribution in [0.1, 0.15) is 40.0 Å². The number of likely N-dealkylation sites (tertiary alicyclic amines) is 1. The van der Waals surface area contributed by atoms with E-state index >= 15 is 0 Å². The summed E-state index contributed by atoms with van der Waals surface area (Å²) in [5, 5.41) is 9.08. The van der Waals surface area contributed by atoms with Crippen LogP contribution in [-0.2, 0) is 4.79 Å². The van der Waals surface area contributed by atoms with Crippen molar-refractivity contribution in [1.29, 1.82) is 5.26 Å². The molecule has 0 aromatic carbocycles. The van der Waals surface area contributed by atoms with Gasteiger partial charge in [0.2, 0.25) is 5.91 Å². The molecule has 0 N–H and O–H groups in total. The summed E-state index contributed by atoms with van der Waals surface area (Å²) in [5.41, 5.74) is 0.0776. The standard InChI is InChI=1S/C17H28N4O/c1-17(2,3)20-12-13-21(15(14-20)6-8-18)16(22)7-11-19-9-4-5-10-19/h7,11,15H,4-6,9-10,12-14H2,1-3H3/b11-7+/t15-/m0/s1. The zero-order valence-electron chi connectivity index (χ0n) is 14.1. The summed E-state index contributed by atoms with van der Waals surface area (Å²) in [5.74, 6) is 0.0423. The zero-order valence-corrected chi connectivity index (χ0v) is 14.1. The molecule has 1 amide bonds. The van der Waals surface area contributed by atoms with Gasteiger partial charge in [-0.3, -0.25) is 9.69 Å². The number of nitrogens with zero attached hydrogens (tertiary/aromatic N) is 4. The number of hydrogen-bond donors (Lipinski definition) is 0. The molecule has 122 valence electrons. The second kappa shape index (κ2) is 7.15. The van der Waals surface area contributed by atoms with Crippen LogP contribution < -0.4 is 0 Å². The monoisotopic (exact) mass is 304 g/mol. The minimum atomic E-state index is -0.00583. The highest BCUT2D eigenvalue weighted by atomic mass is 16.2. The highest BCUT2D eigenvalue weighted by Gasteiger charge is 2.33. The molecule has 2 heterocycles. The fourth-order valence-corrected chi connectivity index (χ4v) is 3.19. The maximum Gasteiger partial charge on any atom is 0.248 e. The molecule has 0 spiro atoms. The van der Waals surface area contributed by atoms with Gasteiger partial charge in [0.15, 0.2) is 0 Å². The Morgan fingerprint density at radius 1 is 1.23 bits per heavy atom. The predicted octanol–water partition coefficient (Wildman–Crippen LogP) is 1.82. The van der Waals surface area contributed by atoms with Crippen LogP contribution in [0.25, 0.3) is 0 Å². The van der Waals surface area contributed by atoms with Gasteiger partial charge in [-0.25, -0.2) is 0 Å². The summed E-state index contributed by atoms with van der Waals surface area (Å²) in [6.07, 6.45) is 6.42. The van der Waals surface area contributed by atoms with Crippen molar-refractivity contribution in [3.63, 3.8) is 0 Å². The third-order valence-corrected chi connectivity index (χ3v) is 4.61. The molecule has 5 heteroatoms. The van der Waals surface area contributed by atoms with Gasteiger partial charge in [-0.2, -0.15) is 5.26 Å². The Labute approximate surface area is 134 Å². The summed E-state index contributed by atoms with van der Waals surface area (Å²) in [6.45, 7) is 11.0. The molecule has 22 heavy (non-hydrogen) atoms. The van der Waals surface area contributed by atoms with E-state index in [0.717, 1.165) is 26.2 Å². The van der Waals surface area contributed by atoms with Crippen molar-refractivity contribution in [2.75, 3.05) is 32.7 Å². The predicted molar refractivity (Wildman–Crippen MR) is 87.0 cm³/mol. The largest absolute Gasteiger partial charge is 0.377 e. The lowest BCUT2D eigenvalue weighted by Gasteiger charge is -2.46. The van der Waals surface area contributed by atoms with Crippen LogP contribution in [0, 0.1) is 11.3 Å². The molecule has 2 saturated heterocycles. The average molecular weight is 304 g/mol. The number of carbonyl (C=O) groups excluding carboxylic acids is 1. The topological polar surface area (TPSA) is 50.6 Å². The number of hydrogen-bond acceptors (Lipinski definition) is 4. The van der Waals surface area contributed by atoms with Gasteiger partial charge in [-0.05, 0) is 33.6 Å². The molecular weight excluding hydrogens is 276 g/mol. The first kappa shape index (κ1) is 16.8. The lowest BCUT2D eigenvalue weighted by atomic mass is 10.0. The number of nitriles is 1. The molecule has 5 nitrogen and oxygen atoms in total. The van der Waals surface area contributed by atoms with E-state index in [0.29, 0.717) is 13.0 Å². The molecule has 0 bridgehead atoms. The SMILES string of the molecule is CC(C)(C)N1CCN(C(=O)/C=C/N2CCCC2)[C@@H](CC#N)C1. The first-order chi connectivity index (χ1) is 10.4. The van der Waals surface area contributed by atoms with Crippen molar-refractivity contribution in [2.24, 2.45) is 0 Å². The molecule has 2 fully saturated rings. The minimum Gasteiger partial charge on any atom is -0.377 e. The first-order valence-electron chi connectivity index (χ1n) is 8.26. The number of piperazine rings is 1. The van der Waals surface area contributed by atoms with Crippen LogP contribution in [0.5, 0.6) is 0 Å². The molecule has 0 aromatic heterocycles. The lowest BCUT2D eigenvalue weighted by Crippen LogP contribution is -2.59. The summed E-state index contributed by atoms with van der Waals surface area (Å²) < 4.78 is 0. The van der Waals surface area contributed by atoms with Crippen molar-refractivity contribution in [3.8, 4) is 6.07 Å². The van der Waals surface area contributed by atoms with Gasteiger partial charge < -0.3 is 9.80 Å². The highest BCUT2D eigenvalue weighted by Crippen LogP contribution is 2.21. The lowest BCUT2D eigenvalue weighted by molar-refractivity contribution is -0.132. The molecule has 0 aromatic rings. The van der Waals surface area contributed by atoms with E-state index < -0.39 is 0 Å². The normalized spacial score (nSPS) is 24.0. The van der Waals surface area contributed by atoms with E-state index in [1.807, 2.05) is 11.1 Å². The molecule has 1 atom stereocenters. The fourth-order valence-electron chi connectivity index (χ4n) is 3.19. The Morgan fingerprint density at radius 2 is 1.91 bits per heavy atom. The van der Waals surface area contributed by atoms with Gasteiger partial charge in [-0.15, -0.1) is 0 Å². The Bertz CT molecular complexity index is 454. The Kier molecular flexibility index (Phi) is 5.47. The zero-order chi connectivity index (χ0) is 16.2. The van der Waals surface area contributed by atoms with Crippen molar-refractivity contribution in [2.45, 2.75) is 51.6 Å². The van der Waals surface area contributed by atoms with E-state index in [1.54, 1.807) is 6.08 Å². The van der Waals surface area contributed by atoms with Gasteiger partial charge in [-0.1, -0.05) is 0 Å². The third kappa shape index (κ3) is 4.23. The second-order valence-corrected chi connectivity index (χ2v) is 7.22. The van der Waals surface area contributed by atoms with Crippen molar-refractivity contribution < 1.29 is 4.79 Å². The van der Waals surface area contributed by atoms with E-state index in [-0.39, 0.29) is 17.5 Å². The first-order valence-corrected chi connectivity index (χ1v) is 8.26. The van der Waals surface area contributed by atoms with Crippen molar-refractivity contribution in [3.05, 3.63) is 12.3 Å². The van der Waals surface area contributed by atoms with E-state index in [1.165, 1.54) is 12.8 Å². The number of rotatable bonds is 3. The van der Waals surface area contributed by atoms with Gasteiger partial charge in [0, 0.05) is 50.5 Å². The van der Waals surface area contributed by atoms with Crippen LogP contribution in [-0.4, -0.2) is 64.9 Å². The van der Waals surface area contributed by atoms with Crippen LogP contribution in [0.3, 0.4) is 0 Å². The van der Waals surface area contributed by atoms with Crippen LogP contribution in [0.4, 0.5) is 0 Å². The van der Waals surface area contributed by atoms with Crippen molar-refractivity contribution >= 4 is 5.91 Å². The molecule has 0 radical (unpaired) electrons. The number of carbonyl (C=O) groups is 1. The van der Waals surface area contributed by atoms with Gasteiger partial charge >= 0.3 is 0 Å². The molecule has 0 aliphatic carbocycles. The number of amides is 1. The second-order valence-electron chi connectivity index (χ2n) is 7.22. The maximum atomic E-state index is 12.5. The molecule has 2 aliphatic heterocycles. The van der Waals surface area contributed by atoms with Gasteiger partial charge in [0.25, 0.3) is 0 Å². The molecular formula is C17H28N4O. The summed E-state index contributed by atoms with van der Waals surface area (Å²) >= 11 is 0. The quantitative estimate of drug-likeness (QED) is 0.746. The summed E-state index contributed by atoms with van der Waals surface area (Å²) in [7, 11) is 0. The Balaban J connectivity index is 1.99. The average Bonchev–Trinajstić information content (AvgIpc) is 2.97. The fraction of sp³-hybridized carbons (Fsp3) is 0.765. The molecule has 2 aliphatic rings. The van der Waals surface area contributed by atoms with Crippen LogP contribution in [0.15, 0.2) is 12.3 Å². The Morgan fingerprint density at radius 3 is 2.50 bits per heavy atom. The van der Waals surface area contributed by atoms with E-state index in [2.05, 4.69) is 36.6 Å². The van der Waals surface area contributed by atoms with Crippen LogP contribution >= 0.6 is 0 Å². The molecule has 2 rings (SSSR count). The smallest absolute Gasteiger partial charge is 0.248 e. The Hall–Kier alpha value is -1.54. The van der Waals surface area contributed by atoms with E-state index in [4.69, 9.17) is 5.26 Å². The third-order valence-electron chi connectivity index (χ3n) is 4.61. The summed E-state index contributed by atoms with van der Waals surface area (Å²) in [4.78, 5) is 18.9.